The van der Waals surface area contributed by atoms with Gasteiger partial charge in [-0.25, -0.2) is 13.2 Å². The van der Waals surface area contributed by atoms with Crippen LogP contribution in [0.25, 0.3) is 0 Å². The molecule has 1 aromatic rings. The maximum Gasteiger partial charge on any atom is 0.321 e. The molecule has 0 saturated carbocycles. The molecule has 1 N–H and O–H groups in total. The van der Waals surface area contributed by atoms with Crippen LogP contribution in [0.4, 0.5) is 10.5 Å². The van der Waals surface area contributed by atoms with Crippen molar-refractivity contribution in [1.82, 2.24) is 4.90 Å². The van der Waals surface area contributed by atoms with Crippen LogP contribution in [0.15, 0.2) is 12.1 Å². The first-order chi connectivity index (χ1) is 12.2. The van der Waals surface area contributed by atoms with Crippen LogP contribution >= 0.6 is 0 Å². The Morgan fingerprint density at radius 2 is 1.69 bits per heavy atom. The van der Waals surface area contributed by atoms with Gasteiger partial charge < -0.3 is 24.4 Å². The summed E-state index contributed by atoms with van der Waals surface area (Å²) in [5, 5.41) is 2.24. The molecule has 8 nitrogen and oxygen atoms in total. The highest BCUT2D eigenvalue weighted by atomic mass is 32.2. The lowest BCUT2D eigenvalue weighted by atomic mass is 10.2. The number of hydrogen-bond donors (Lipinski definition) is 1. The fraction of sp³-hybridized carbons (Fsp3) is 0.588. The number of methoxy groups -OCH3 is 3. The van der Waals surface area contributed by atoms with Crippen molar-refractivity contribution in [2.45, 2.75) is 19.1 Å². The van der Waals surface area contributed by atoms with E-state index in [0.29, 0.717) is 22.9 Å². The van der Waals surface area contributed by atoms with Crippen molar-refractivity contribution >= 4 is 21.6 Å². The maximum absolute atomic E-state index is 12.4. The minimum atomic E-state index is -3.17. The Bertz CT molecular complexity index is 732. The van der Waals surface area contributed by atoms with Crippen molar-refractivity contribution in [3.8, 4) is 17.2 Å². The molecule has 2 amide bonds. The van der Waals surface area contributed by atoms with Gasteiger partial charge >= 0.3 is 6.03 Å². The molecule has 1 fully saturated rings. The Labute approximate surface area is 154 Å². The number of sulfone groups is 1. The monoisotopic (exact) mass is 386 g/mol. The van der Waals surface area contributed by atoms with Gasteiger partial charge in [-0.3, -0.25) is 0 Å². The zero-order valence-corrected chi connectivity index (χ0v) is 16.6. The number of ether oxygens (including phenoxy) is 3. The molecule has 1 aromatic carbocycles. The van der Waals surface area contributed by atoms with E-state index < -0.39 is 15.1 Å². The number of likely N-dealkylation sites (tertiary alicyclic amines) is 1. The summed E-state index contributed by atoms with van der Waals surface area (Å²) in [6, 6.07) is 2.87. The van der Waals surface area contributed by atoms with Crippen LogP contribution < -0.4 is 19.5 Å². The molecule has 0 atom stereocenters. The number of carbonyl (C=O) groups excluding carboxylic acids is 1. The fourth-order valence-corrected chi connectivity index (χ4v) is 4.80. The van der Waals surface area contributed by atoms with Crippen molar-refractivity contribution < 1.29 is 27.4 Å². The van der Waals surface area contributed by atoms with Gasteiger partial charge in [0.05, 0.1) is 38.0 Å². The zero-order chi connectivity index (χ0) is 19.5. The summed E-state index contributed by atoms with van der Waals surface area (Å²) in [6.45, 7) is 4.13. The molecule has 0 aromatic heterocycles. The van der Waals surface area contributed by atoms with E-state index in [1.807, 2.05) is 13.8 Å². The van der Waals surface area contributed by atoms with Gasteiger partial charge in [-0.05, 0) is 5.92 Å². The van der Waals surface area contributed by atoms with Crippen molar-refractivity contribution in [2.24, 2.45) is 5.92 Å². The Balaban J connectivity index is 2.04. The van der Waals surface area contributed by atoms with Gasteiger partial charge in [0, 0.05) is 25.2 Å². The summed E-state index contributed by atoms with van der Waals surface area (Å²) >= 11 is 0. The van der Waals surface area contributed by atoms with Crippen molar-refractivity contribution in [1.29, 1.82) is 0 Å². The number of amides is 2. The second-order valence-electron chi connectivity index (χ2n) is 6.59. The lowest BCUT2D eigenvalue weighted by Gasteiger charge is -2.38. The molecule has 1 heterocycles. The van der Waals surface area contributed by atoms with E-state index in [-0.39, 0.29) is 30.8 Å². The smallest absolute Gasteiger partial charge is 0.321 e. The third kappa shape index (κ3) is 4.32. The molecule has 26 heavy (non-hydrogen) atoms. The van der Waals surface area contributed by atoms with E-state index in [4.69, 9.17) is 14.2 Å². The molecule has 0 radical (unpaired) electrons. The van der Waals surface area contributed by atoms with E-state index in [1.54, 1.807) is 12.1 Å². The van der Waals surface area contributed by atoms with E-state index in [1.165, 1.54) is 26.2 Å². The quantitative estimate of drug-likeness (QED) is 0.770. The number of carbonyl (C=O) groups is 1. The number of hydrogen-bond acceptors (Lipinski definition) is 6. The van der Waals surface area contributed by atoms with Gasteiger partial charge in [0.2, 0.25) is 5.75 Å². The standard InChI is InChI=1S/C17H26N2O6S/c1-11(2)10-26(21,22)13-8-19(9-13)17(20)18-12-6-14(23-3)16(25-5)15(7-12)24-4/h6-7,11,13H,8-10H2,1-5H3,(H,18,20). The molecule has 0 aliphatic carbocycles. The van der Waals surface area contributed by atoms with Crippen LogP contribution in [0.5, 0.6) is 17.2 Å². The lowest BCUT2D eigenvalue weighted by molar-refractivity contribution is 0.182. The van der Waals surface area contributed by atoms with Crippen LogP contribution in [0.3, 0.4) is 0 Å². The molecular weight excluding hydrogens is 360 g/mol. The third-order valence-electron chi connectivity index (χ3n) is 4.12. The van der Waals surface area contributed by atoms with E-state index in [0.717, 1.165) is 0 Å². The van der Waals surface area contributed by atoms with Crippen LogP contribution in [0.2, 0.25) is 0 Å². The van der Waals surface area contributed by atoms with Gasteiger partial charge in [0.15, 0.2) is 21.3 Å². The average molecular weight is 386 g/mol. The molecule has 1 saturated heterocycles. The molecule has 9 heteroatoms. The predicted octanol–water partition coefficient (Wildman–Crippen LogP) is 2.00. The Hall–Kier alpha value is -2.16. The number of anilines is 1. The SMILES string of the molecule is COc1cc(NC(=O)N2CC(S(=O)(=O)CC(C)C)C2)cc(OC)c1OC. The third-order valence-corrected chi connectivity index (χ3v) is 6.57. The molecule has 146 valence electrons. The summed E-state index contributed by atoms with van der Waals surface area (Å²) in [5.41, 5.74) is 0.470. The van der Waals surface area contributed by atoms with Crippen molar-refractivity contribution in [3.05, 3.63) is 12.1 Å². The summed E-state index contributed by atoms with van der Waals surface area (Å²) in [7, 11) is 1.30. The van der Waals surface area contributed by atoms with Crippen LogP contribution in [-0.2, 0) is 9.84 Å². The minimum absolute atomic E-state index is 0.0714. The van der Waals surface area contributed by atoms with E-state index in [2.05, 4.69) is 5.32 Å². The fourth-order valence-electron chi connectivity index (χ4n) is 2.79. The van der Waals surface area contributed by atoms with E-state index in [9.17, 15) is 13.2 Å². The minimum Gasteiger partial charge on any atom is -0.493 e. The van der Waals surface area contributed by atoms with Crippen LogP contribution in [0.1, 0.15) is 13.8 Å². The van der Waals surface area contributed by atoms with Gasteiger partial charge in [-0.2, -0.15) is 0 Å². The molecule has 0 spiro atoms. The number of nitrogens with one attached hydrogen (secondary N) is 1. The molecule has 0 unspecified atom stereocenters. The molecule has 1 aliphatic rings. The first kappa shape index (κ1) is 20.2. The van der Waals surface area contributed by atoms with Gasteiger partial charge in [-0.1, -0.05) is 13.8 Å². The van der Waals surface area contributed by atoms with Gasteiger partial charge in [-0.15, -0.1) is 0 Å². The maximum atomic E-state index is 12.4. The molecule has 2 rings (SSSR count). The lowest BCUT2D eigenvalue weighted by Crippen LogP contribution is -2.58. The normalized spacial score (nSPS) is 14.8. The van der Waals surface area contributed by atoms with Crippen LogP contribution in [-0.4, -0.2) is 64.8 Å². The number of nitrogens with zero attached hydrogens (tertiary/aromatic N) is 1. The Morgan fingerprint density at radius 1 is 1.15 bits per heavy atom. The molecular formula is C17H26N2O6S. The highest BCUT2D eigenvalue weighted by Gasteiger charge is 2.39. The summed E-state index contributed by atoms with van der Waals surface area (Å²) in [6.07, 6.45) is 0. The summed E-state index contributed by atoms with van der Waals surface area (Å²) < 4.78 is 40.1. The highest BCUT2D eigenvalue weighted by molar-refractivity contribution is 7.92. The largest absolute Gasteiger partial charge is 0.493 e. The van der Waals surface area contributed by atoms with Gasteiger partial charge in [0.1, 0.15) is 0 Å². The predicted molar refractivity (Wildman–Crippen MR) is 99.1 cm³/mol. The van der Waals surface area contributed by atoms with Crippen molar-refractivity contribution in [3.63, 3.8) is 0 Å². The zero-order valence-electron chi connectivity index (χ0n) is 15.7. The molecule has 1 aliphatic heterocycles. The number of urea groups is 1. The summed E-state index contributed by atoms with van der Waals surface area (Å²) in [5.74, 6) is 1.48. The average Bonchev–Trinajstić information content (AvgIpc) is 2.50. The second kappa shape index (κ2) is 8.03. The number of rotatable bonds is 7. The highest BCUT2D eigenvalue weighted by Crippen LogP contribution is 2.40. The first-order valence-corrected chi connectivity index (χ1v) is 10.0. The topological polar surface area (TPSA) is 94.2 Å². The van der Waals surface area contributed by atoms with E-state index >= 15 is 0 Å². The van der Waals surface area contributed by atoms with Crippen LogP contribution in [0, 0.1) is 5.92 Å². The molecule has 0 bridgehead atoms. The summed E-state index contributed by atoms with van der Waals surface area (Å²) in [4.78, 5) is 13.8. The Morgan fingerprint density at radius 3 is 2.12 bits per heavy atom. The second-order valence-corrected chi connectivity index (χ2v) is 8.92. The van der Waals surface area contributed by atoms with Crippen molar-refractivity contribution in [2.75, 3.05) is 45.5 Å². The Kier molecular flexibility index (Phi) is 6.22. The first-order valence-electron chi connectivity index (χ1n) is 8.29. The number of benzene rings is 1. The van der Waals surface area contributed by atoms with Gasteiger partial charge in [0.25, 0.3) is 0 Å².